The summed E-state index contributed by atoms with van der Waals surface area (Å²) < 4.78 is 5.04. The second-order valence-corrected chi connectivity index (χ2v) is 4.65. The van der Waals surface area contributed by atoms with E-state index in [2.05, 4.69) is 10.1 Å². The molecule has 0 bridgehead atoms. The number of nitro groups is 1. The Morgan fingerprint density at radius 2 is 2.05 bits per heavy atom. The van der Waals surface area contributed by atoms with E-state index in [0.717, 1.165) is 0 Å². The minimum absolute atomic E-state index is 0.0711. The molecule has 21 heavy (non-hydrogen) atoms. The van der Waals surface area contributed by atoms with Gasteiger partial charge in [0.25, 0.3) is 5.69 Å². The molecule has 0 amide bonds. The number of rotatable bonds is 5. The van der Waals surface area contributed by atoms with Crippen LogP contribution < -0.4 is 0 Å². The molecule has 1 N–H and O–H groups in total. The highest BCUT2D eigenvalue weighted by molar-refractivity contribution is 5.71. The van der Waals surface area contributed by atoms with Gasteiger partial charge in [0.2, 0.25) is 11.7 Å². The number of nitro benzene ring substituents is 1. The molecule has 1 aromatic carbocycles. The standard InChI is InChI=1S/C13H13N3O5/c1-7(8(2)13(17)18)12-14-11(15-21-12)9-5-3-4-6-10(9)16(19)20/h3-8H,1-2H3,(H,17,18). The molecule has 2 rings (SSSR count). The van der Waals surface area contributed by atoms with Gasteiger partial charge in [-0.25, -0.2) is 0 Å². The number of benzene rings is 1. The van der Waals surface area contributed by atoms with E-state index in [9.17, 15) is 14.9 Å². The number of hydrogen-bond acceptors (Lipinski definition) is 6. The first-order chi connectivity index (χ1) is 9.91. The Morgan fingerprint density at radius 1 is 1.38 bits per heavy atom. The van der Waals surface area contributed by atoms with E-state index in [-0.39, 0.29) is 23.0 Å². The summed E-state index contributed by atoms with van der Waals surface area (Å²) >= 11 is 0. The Bertz CT molecular complexity index is 682. The number of nitrogens with zero attached hydrogens (tertiary/aromatic N) is 3. The van der Waals surface area contributed by atoms with Crippen LogP contribution in [0.5, 0.6) is 0 Å². The SMILES string of the molecule is CC(C(=O)O)C(C)c1nc(-c2ccccc2[N+](=O)[O-])no1. The van der Waals surface area contributed by atoms with Crippen LogP contribution in [0, 0.1) is 16.0 Å². The van der Waals surface area contributed by atoms with Crippen LogP contribution in [0.15, 0.2) is 28.8 Å². The van der Waals surface area contributed by atoms with Gasteiger partial charge < -0.3 is 9.63 Å². The molecule has 0 radical (unpaired) electrons. The van der Waals surface area contributed by atoms with Gasteiger partial charge in [-0.2, -0.15) is 4.98 Å². The van der Waals surface area contributed by atoms with Crippen molar-refractivity contribution in [2.45, 2.75) is 19.8 Å². The Balaban J connectivity index is 2.37. The molecule has 2 aromatic rings. The van der Waals surface area contributed by atoms with Crippen LogP contribution in [0.4, 0.5) is 5.69 Å². The highest BCUT2D eigenvalue weighted by atomic mass is 16.6. The first kappa shape index (κ1) is 14.6. The maximum Gasteiger partial charge on any atom is 0.307 e. The number of carboxylic acids is 1. The monoisotopic (exact) mass is 291 g/mol. The summed E-state index contributed by atoms with van der Waals surface area (Å²) in [6.07, 6.45) is 0. The normalized spacial score (nSPS) is 13.6. The first-order valence-corrected chi connectivity index (χ1v) is 6.22. The number of aromatic nitrogens is 2. The summed E-state index contributed by atoms with van der Waals surface area (Å²) in [5, 5.41) is 23.7. The minimum Gasteiger partial charge on any atom is -0.481 e. The highest BCUT2D eigenvalue weighted by Crippen LogP contribution is 2.30. The van der Waals surface area contributed by atoms with Gasteiger partial charge in [0.05, 0.1) is 10.8 Å². The van der Waals surface area contributed by atoms with Crippen LogP contribution in [-0.4, -0.2) is 26.1 Å². The zero-order valence-corrected chi connectivity index (χ0v) is 11.4. The van der Waals surface area contributed by atoms with Crippen molar-refractivity contribution in [3.8, 4) is 11.4 Å². The molecule has 0 aliphatic carbocycles. The van der Waals surface area contributed by atoms with Crippen molar-refractivity contribution in [2.75, 3.05) is 0 Å². The quantitative estimate of drug-likeness (QED) is 0.663. The lowest BCUT2D eigenvalue weighted by Crippen LogP contribution is -2.16. The van der Waals surface area contributed by atoms with Crippen LogP contribution >= 0.6 is 0 Å². The lowest BCUT2D eigenvalue weighted by molar-refractivity contribution is -0.384. The van der Waals surface area contributed by atoms with E-state index in [1.165, 1.54) is 25.1 Å². The molecule has 0 spiro atoms. The second-order valence-electron chi connectivity index (χ2n) is 4.65. The second kappa shape index (κ2) is 5.70. The fourth-order valence-electron chi connectivity index (χ4n) is 1.78. The van der Waals surface area contributed by atoms with Crippen molar-refractivity contribution in [1.29, 1.82) is 0 Å². The van der Waals surface area contributed by atoms with Crippen molar-refractivity contribution in [3.63, 3.8) is 0 Å². The van der Waals surface area contributed by atoms with Crippen molar-refractivity contribution in [1.82, 2.24) is 10.1 Å². The van der Waals surface area contributed by atoms with Crippen LogP contribution in [0.25, 0.3) is 11.4 Å². The highest BCUT2D eigenvalue weighted by Gasteiger charge is 2.27. The summed E-state index contributed by atoms with van der Waals surface area (Å²) in [5.74, 6) is -1.97. The predicted octanol–water partition coefficient (Wildman–Crippen LogP) is 2.47. The van der Waals surface area contributed by atoms with E-state index < -0.39 is 22.7 Å². The summed E-state index contributed by atoms with van der Waals surface area (Å²) in [5.41, 5.74) is 0.0939. The van der Waals surface area contributed by atoms with Crippen LogP contribution in [0.2, 0.25) is 0 Å². The maximum absolute atomic E-state index is 11.0. The lowest BCUT2D eigenvalue weighted by Gasteiger charge is -2.10. The molecule has 8 heteroatoms. The van der Waals surface area contributed by atoms with Gasteiger partial charge >= 0.3 is 5.97 Å². The van der Waals surface area contributed by atoms with Crippen molar-refractivity contribution in [3.05, 3.63) is 40.3 Å². The van der Waals surface area contributed by atoms with Crippen LogP contribution in [0.3, 0.4) is 0 Å². The summed E-state index contributed by atoms with van der Waals surface area (Å²) in [6.45, 7) is 3.18. The Hall–Kier alpha value is -2.77. The third kappa shape index (κ3) is 2.88. The summed E-state index contributed by atoms with van der Waals surface area (Å²) in [7, 11) is 0. The van der Waals surface area contributed by atoms with Crippen molar-refractivity contribution in [2.24, 2.45) is 5.92 Å². The van der Waals surface area contributed by atoms with Gasteiger partial charge in [-0.15, -0.1) is 0 Å². The van der Waals surface area contributed by atoms with Gasteiger partial charge in [-0.1, -0.05) is 31.1 Å². The van der Waals surface area contributed by atoms with E-state index in [1.807, 2.05) is 0 Å². The fourth-order valence-corrected chi connectivity index (χ4v) is 1.78. The zero-order chi connectivity index (χ0) is 15.6. The third-order valence-corrected chi connectivity index (χ3v) is 3.31. The largest absolute Gasteiger partial charge is 0.481 e. The Labute approximate surface area is 119 Å². The van der Waals surface area contributed by atoms with Crippen molar-refractivity contribution < 1.29 is 19.3 Å². The smallest absolute Gasteiger partial charge is 0.307 e. The van der Waals surface area contributed by atoms with E-state index in [0.29, 0.717) is 0 Å². The van der Waals surface area contributed by atoms with Crippen LogP contribution in [0.1, 0.15) is 25.7 Å². The molecule has 0 fully saturated rings. The molecule has 2 atom stereocenters. The molecule has 110 valence electrons. The number of carbonyl (C=O) groups is 1. The minimum atomic E-state index is -0.979. The van der Waals surface area contributed by atoms with Gasteiger partial charge in [0, 0.05) is 12.0 Å². The molecule has 0 aliphatic heterocycles. The van der Waals surface area contributed by atoms with Gasteiger partial charge in [-0.05, 0) is 6.07 Å². The van der Waals surface area contributed by atoms with Gasteiger partial charge in [0.1, 0.15) is 5.56 Å². The zero-order valence-electron chi connectivity index (χ0n) is 11.4. The van der Waals surface area contributed by atoms with Gasteiger partial charge in [-0.3, -0.25) is 14.9 Å². The molecule has 1 aromatic heterocycles. The predicted molar refractivity (Wildman–Crippen MR) is 71.6 cm³/mol. The number of hydrogen-bond donors (Lipinski definition) is 1. The molecule has 0 saturated carbocycles. The third-order valence-electron chi connectivity index (χ3n) is 3.31. The average molecular weight is 291 g/mol. The lowest BCUT2D eigenvalue weighted by atomic mass is 9.96. The Morgan fingerprint density at radius 3 is 2.67 bits per heavy atom. The number of carboxylic acid groups (broad SMARTS) is 1. The Kier molecular flexibility index (Phi) is 3.97. The maximum atomic E-state index is 11.0. The molecular weight excluding hydrogens is 278 g/mol. The molecule has 8 nitrogen and oxygen atoms in total. The topological polar surface area (TPSA) is 119 Å². The molecule has 1 heterocycles. The molecular formula is C13H13N3O5. The summed E-state index contributed by atoms with van der Waals surface area (Å²) in [6, 6.07) is 6.02. The van der Waals surface area contributed by atoms with Gasteiger partial charge in [0.15, 0.2) is 0 Å². The first-order valence-electron chi connectivity index (χ1n) is 6.22. The van der Waals surface area contributed by atoms with Crippen LogP contribution in [-0.2, 0) is 4.79 Å². The van der Waals surface area contributed by atoms with E-state index in [4.69, 9.17) is 9.63 Å². The summed E-state index contributed by atoms with van der Waals surface area (Å²) in [4.78, 5) is 25.5. The number of aliphatic carboxylic acids is 1. The molecule has 0 saturated heterocycles. The molecule has 2 unspecified atom stereocenters. The van der Waals surface area contributed by atoms with E-state index >= 15 is 0 Å². The fraction of sp³-hybridized carbons (Fsp3) is 0.308. The molecule has 0 aliphatic rings. The number of para-hydroxylation sites is 1. The van der Waals surface area contributed by atoms with E-state index in [1.54, 1.807) is 13.0 Å². The average Bonchev–Trinajstić information content (AvgIpc) is 2.95. The van der Waals surface area contributed by atoms with Crippen molar-refractivity contribution >= 4 is 11.7 Å².